The van der Waals surface area contributed by atoms with E-state index < -0.39 is 17.1 Å². The minimum absolute atomic E-state index is 0.143. The van der Waals surface area contributed by atoms with Crippen LogP contribution in [0.2, 0.25) is 5.02 Å². The number of aromatic hydroxyl groups is 1. The maximum absolute atomic E-state index is 12.1. The van der Waals surface area contributed by atoms with Crippen LogP contribution in [0.15, 0.2) is 63.1 Å². The van der Waals surface area contributed by atoms with E-state index >= 15 is 0 Å². The highest BCUT2D eigenvalue weighted by molar-refractivity contribution is 7.22. The number of thiazole rings is 1. The van der Waals surface area contributed by atoms with E-state index in [4.69, 9.17) is 11.6 Å². The zero-order chi connectivity index (χ0) is 19.0. The van der Waals surface area contributed by atoms with Crippen molar-refractivity contribution in [1.29, 1.82) is 0 Å². The zero-order valence-electron chi connectivity index (χ0n) is 13.6. The summed E-state index contributed by atoms with van der Waals surface area (Å²) in [6.07, 6.45) is 1.19. The van der Waals surface area contributed by atoms with Crippen molar-refractivity contribution in [2.24, 2.45) is 4.99 Å². The Kier molecular flexibility index (Phi) is 4.35. The standard InChI is InChI=1S/C18H11ClN4O3S/c19-10-6-7-13-14(8-10)27-17(21-13)20-9-12-15(24)22-18(26)23(16(12)25)11-4-2-1-3-5-11/h1-9,25H,(H,22,24,26). The average molecular weight is 399 g/mol. The number of rotatable bonds is 3. The maximum atomic E-state index is 12.1. The molecule has 0 aliphatic heterocycles. The highest BCUT2D eigenvalue weighted by Crippen LogP contribution is 2.30. The molecule has 0 saturated carbocycles. The second-order valence-corrected chi connectivity index (χ2v) is 6.98. The number of aromatic amines is 1. The number of H-pyrrole nitrogens is 1. The molecule has 0 aliphatic carbocycles. The van der Waals surface area contributed by atoms with Crippen LogP contribution in [0.4, 0.5) is 5.13 Å². The Morgan fingerprint density at radius 3 is 2.74 bits per heavy atom. The molecule has 0 fully saturated rings. The van der Waals surface area contributed by atoms with Crippen LogP contribution in [0.5, 0.6) is 5.88 Å². The molecule has 0 amide bonds. The molecule has 0 aliphatic rings. The molecule has 2 N–H and O–H groups in total. The first-order chi connectivity index (χ1) is 13.0. The van der Waals surface area contributed by atoms with E-state index in [2.05, 4.69) is 15.0 Å². The van der Waals surface area contributed by atoms with Crippen molar-refractivity contribution in [3.05, 3.63) is 80.0 Å². The van der Waals surface area contributed by atoms with Crippen molar-refractivity contribution in [2.45, 2.75) is 0 Å². The van der Waals surface area contributed by atoms with Gasteiger partial charge in [-0.25, -0.2) is 19.3 Å². The van der Waals surface area contributed by atoms with Crippen LogP contribution < -0.4 is 11.2 Å². The van der Waals surface area contributed by atoms with E-state index in [9.17, 15) is 14.7 Å². The van der Waals surface area contributed by atoms with E-state index in [0.29, 0.717) is 15.8 Å². The number of nitrogens with zero attached hydrogens (tertiary/aromatic N) is 3. The van der Waals surface area contributed by atoms with E-state index in [1.54, 1.807) is 48.5 Å². The second-order valence-electron chi connectivity index (χ2n) is 5.53. The molecule has 2 aromatic heterocycles. The van der Waals surface area contributed by atoms with Gasteiger partial charge in [0.05, 0.1) is 15.9 Å². The molecule has 0 bridgehead atoms. The molecule has 0 unspecified atom stereocenters. The van der Waals surface area contributed by atoms with E-state index in [0.717, 1.165) is 14.8 Å². The first-order valence-corrected chi connectivity index (χ1v) is 8.96. The minimum Gasteiger partial charge on any atom is -0.493 e. The van der Waals surface area contributed by atoms with Gasteiger partial charge in [-0.05, 0) is 30.3 Å². The minimum atomic E-state index is -0.740. The van der Waals surface area contributed by atoms with Gasteiger partial charge in [-0.1, -0.05) is 41.1 Å². The summed E-state index contributed by atoms with van der Waals surface area (Å²) >= 11 is 7.25. The van der Waals surface area contributed by atoms with Crippen LogP contribution in [0.25, 0.3) is 15.9 Å². The van der Waals surface area contributed by atoms with E-state index in [-0.39, 0.29) is 5.56 Å². The first kappa shape index (κ1) is 17.2. The van der Waals surface area contributed by atoms with Crippen molar-refractivity contribution >= 4 is 44.5 Å². The summed E-state index contributed by atoms with van der Waals surface area (Å²) in [6.45, 7) is 0. The molecule has 0 spiro atoms. The van der Waals surface area contributed by atoms with Crippen LogP contribution >= 0.6 is 22.9 Å². The predicted molar refractivity (Wildman–Crippen MR) is 106 cm³/mol. The highest BCUT2D eigenvalue weighted by atomic mass is 35.5. The lowest BCUT2D eigenvalue weighted by molar-refractivity contribution is 0.430. The van der Waals surface area contributed by atoms with Gasteiger partial charge in [-0.15, -0.1) is 0 Å². The maximum Gasteiger partial charge on any atom is 0.335 e. The Hall–Kier alpha value is -3.23. The summed E-state index contributed by atoms with van der Waals surface area (Å²) in [5.41, 5.74) is -0.478. The largest absolute Gasteiger partial charge is 0.493 e. The third-order valence-corrected chi connectivity index (χ3v) is 4.94. The lowest BCUT2D eigenvalue weighted by Crippen LogP contribution is -2.31. The molecule has 7 nitrogen and oxygen atoms in total. The second kappa shape index (κ2) is 6.82. The number of hydrogen-bond acceptors (Lipinski definition) is 6. The fraction of sp³-hybridized carbons (Fsp3) is 0. The normalized spacial score (nSPS) is 11.4. The number of hydrogen-bond donors (Lipinski definition) is 2. The molecule has 134 valence electrons. The quantitative estimate of drug-likeness (QED) is 0.517. The van der Waals surface area contributed by atoms with Crippen molar-refractivity contribution in [3.8, 4) is 11.6 Å². The third-order valence-electron chi connectivity index (χ3n) is 3.78. The molecule has 2 aromatic carbocycles. The average Bonchev–Trinajstić information content (AvgIpc) is 3.04. The number of halogens is 1. The molecule has 0 atom stereocenters. The van der Waals surface area contributed by atoms with Gasteiger partial charge in [0, 0.05) is 11.2 Å². The molecular formula is C18H11ClN4O3S. The predicted octanol–water partition coefficient (Wildman–Crippen LogP) is 3.25. The van der Waals surface area contributed by atoms with Crippen LogP contribution in [0.1, 0.15) is 5.56 Å². The third kappa shape index (κ3) is 3.27. The summed E-state index contributed by atoms with van der Waals surface area (Å²) in [7, 11) is 0. The van der Waals surface area contributed by atoms with Crippen LogP contribution in [-0.2, 0) is 0 Å². The zero-order valence-corrected chi connectivity index (χ0v) is 15.2. The molecule has 2 heterocycles. The summed E-state index contributed by atoms with van der Waals surface area (Å²) < 4.78 is 1.85. The Morgan fingerprint density at radius 1 is 1.19 bits per heavy atom. The number of aromatic nitrogens is 3. The number of nitrogens with one attached hydrogen (secondary N) is 1. The fourth-order valence-corrected chi connectivity index (χ4v) is 3.62. The molecule has 4 aromatic rings. The van der Waals surface area contributed by atoms with Gasteiger partial charge in [0.15, 0.2) is 0 Å². The van der Waals surface area contributed by atoms with Crippen molar-refractivity contribution in [3.63, 3.8) is 0 Å². The lowest BCUT2D eigenvalue weighted by Gasteiger charge is -2.08. The van der Waals surface area contributed by atoms with Gasteiger partial charge in [-0.3, -0.25) is 9.78 Å². The topological polar surface area (TPSA) is 100 Å². The van der Waals surface area contributed by atoms with Gasteiger partial charge >= 0.3 is 5.69 Å². The van der Waals surface area contributed by atoms with Crippen LogP contribution in [0, 0.1) is 0 Å². The number of para-hydroxylation sites is 1. The smallest absolute Gasteiger partial charge is 0.335 e. The summed E-state index contributed by atoms with van der Waals surface area (Å²) in [4.78, 5) is 34.9. The van der Waals surface area contributed by atoms with Crippen LogP contribution in [0.3, 0.4) is 0 Å². The monoisotopic (exact) mass is 398 g/mol. The van der Waals surface area contributed by atoms with Crippen molar-refractivity contribution < 1.29 is 5.11 Å². The first-order valence-electron chi connectivity index (χ1n) is 7.77. The summed E-state index contributed by atoms with van der Waals surface area (Å²) in [5, 5.41) is 11.5. The van der Waals surface area contributed by atoms with Crippen LogP contribution in [-0.4, -0.2) is 25.9 Å². The van der Waals surface area contributed by atoms with Gasteiger partial charge < -0.3 is 5.11 Å². The highest BCUT2D eigenvalue weighted by Gasteiger charge is 2.14. The Bertz CT molecular complexity index is 1290. The SMILES string of the molecule is O=c1[nH]c(=O)n(-c2ccccc2)c(O)c1C=Nc1nc2ccc(Cl)cc2s1. The number of benzene rings is 2. The molecule has 9 heteroatoms. The Labute approximate surface area is 160 Å². The number of fused-ring (bicyclic) bond motifs is 1. The van der Waals surface area contributed by atoms with E-state index in [1.165, 1.54) is 17.6 Å². The summed E-state index contributed by atoms with van der Waals surface area (Å²) in [6, 6.07) is 13.7. The Balaban J connectivity index is 1.80. The van der Waals surface area contributed by atoms with Gasteiger partial charge in [0.2, 0.25) is 11.0 Å². The van der Waals surface area contributed by atoms with Crippen molar-refractivity contribution in [2.75, 3.05) is 0 Å². The lowest BCUT2D eigenvalue weighted by atomic mass is 10.3. The molecule has 0 radical (unpaired) electrons. The molecule has 27 heavy (non-hydrogen) atoms. The molecular weight excluding hydrogens is 388 g/mol. The fourth-order valence-electron chi connectivity index (χ4n) is 2.53. The number of aliphatic imine (C=N–C) groups is 1. The van der Waals surface area contributed by atoms with E-state index in [1.807, 2.05) is 0 Å². The van der Waals surface area contributed by atoms with Crippen molar-refractivity contribution in [1.82, 2.24) is 14.5 Å². The molecule has 4 rings (SSSR count). The van der Waals surface area contributed by atoms with Gasteiger partial charge in [0.25, 0.3) is 5.56 Å². The Morgan fingerprint density at radius 2 is 1.96 bits per heavy atom. The van der Waals surface area contributed by atoms with Gasteiger partial charge in [0.1, 0.15) is 5.56 Å². The molecule has 0 saturated heterocycles. The van der Waals surface area contributed by atoms with Gasteiger partial charge in [-0.2, -0.15) is 0 Å². The summed E-state index contributed by atoms with van der Waals surface area (Å²) in [5.74, 6) is -0.497.